The van der Waals surface area contributed by atoms with Crippen LogP contribution in [-0.2, 0) is 4.74 Å². The van der Waals surface area contributed by atoms with Gasteiger partial charge in [0, 0.05) is 50.2 Å². The van der Waals surface area contributed by atoms with E-state index in [0.29, 0.717) is 29.8 Å². The molecule has 4 rings (SSSR count). The van der Waals surface area contributed by atoms with Crippen molar-refractivity contribution in [3.05, 3.63) is 35.4 Å². The average molecular weight is 415 g/mol. The number of likely N-dealkylation sites (tertiary alicyclic amines) is 1. The van der Waals surface area contributed by atoms with E-state index in [4.69, 9.17) is 19.2 Å². The Morgan fingerprint density at radius 2 is 1.97 bits per heavy atom. The third kappa shape index (κ3) is 4.01. The Morgan fingerprint density at radius 3 is 2.70 bits per heavy atom. The molecule has 2 aliphatic rings. The number of hydrogen-bond donors (Lipinski definition) is 0. The van der Waals surface area contributed by atoms with Crippen LogP contribution in [-0.4, -0.2) is 65.9 Å². The lowest BCUT2D eigenvalue weighted by atomic mass is 9.97. The summed E-state index contributed by atoms with van der Waals surface area (Å²) in [6.07, 6.45) is 5.95. The SMILES string of the molecule is COc1ccc(C(=O)N2CCCC(n3c(C)cnc3C3CCOCC3)C2)c(OC)n1. The van der Waals surface area contributed by atoms with Gasteiger partial charge in [-0.05, 0) is 38.7 Å². The topological polar surface area (TPSA) is 78.7 Å². The van der Waals surface area contributed by atoms with Gasteiger partial charge in [0.25, 0.3) is 5.91 Å². The number of ether oxygens (including phenoxy) is 3. The average Bonchev–Trinajstić information content (AvgIpc) is 3.20. The number of methoxy groups -OCH3 is 2. The van der Waals surface area contributed by atoms with E-state index in [1.165, 1.54) is 7.11 Å². The summed E-state index contributed by atoms with van der Waals surface area (Å²) in [5, 5.41) is 0. The summed E-state index contributed by atoms with van der Waals surface area (Å²) in [5.74, 6) is 2.22. The molecule has 30 heavy (non-hydrogen) atoms. The standard InChI is InChI=1S/C22H30N4O4/c1-15-13-23-20(16-8-11-30-12-9-16)26(15)17-5-4-10-25(14-17)22(27)18-6-7-19(28-2)24-21(18)29-3/h6-7,13,16-17H,4-5,8-12,14H2,1-3H3. The van der Waals surface area contributed by atoms with Gasteiger partial charge in [-0.15, -0.1) is 0 Å². The molecule has 2 aliphatic heterocycles. The molecule has 8 nitrogen and oxygen atoms in total. The molecular weight excluding hydrogens is 384 g/mol. The Balaban J connectivity index is 1.56. The van der Waals surface area contributed by atoms with Crippen molar-refractivity contribution in [3.63, 3.8) is 0 Å². The molecular formula is C22H30N4O4. The fraction of sp³-hybridized carbons (Fsp3) is 0.591. The number of imidazole rings is 1. The van der Waals surface area contributed by atoms with Crippen LogP contribution in [0.2, 0.25) is 0 Å². The Kier molecular flexibility index (Phi) is 6.22. The molecule has 2 aromatic heterocycles. The number of aromatic nitrogens is 3. The van der Waals surface area contributed by atoms with E-state index in [1.807, 2.05) is 11.1 Å². The molecule has 0 aromatic carbocycles. The molecule has 0 radical (unpaired) electrons. The van der Waals surface area contributed by atoms with E-state index in [1.54, 1.807) is 19.2 Å². The highest BCUT2D eigenvalue weighted by molar-refractivity contribution is 5.96. The number of hydrogen-bond acceptors (Lipinski definition) is 6. The normalized spacial score (nSPS) is 20.2. The first-order valence-electron chi connectivity index (χ1n) is 10.6. The second-order valence-electron chi connectivity index (χ2n) is 7.97. The van der Waals surface area contributed by atoms with Crippen molar-refractivity contribution in [1.29, 1.82) is 0 Å². The van der Waals surface area contributed by atoms with Crippen LogP contribution in [0.25, 0.3) is 0 Å². The van der Waals surface area contributed by atoms with E-state index in [9.17, 15) is 4.79 Å². The number of nitrogens with zero attached hydrogens (tertiary/aromatic N) is 4. The highest BCUT2D eigenvalue weighted by Crippen LogP contribution is 2.33. The number of aryl methyl sites for hydroxylation is 1. The molecule has 1 amide bonds. The van der Waals surface area contributed by atoms with E-state index in [-0.39, 0.29) is 11.9 Å². The Morgan fingerprint density at radius 1 is 1.17 bits per heavy atom. The smallest absolute Gasteiger partial charge is 0.259 e. The number of carbonyl (C=O) groups is 1. The Hall–Kier alpha value is -2.61. The Bertz CT molecular complexity index is 891. The minimum absolute atomic E-state index is 0.0583. The molecule has 0 N–H and O–H groups in total. The summed E-state index contributed by atoms with van der Waals surface area (Å²) in [7, 11) is 3.06. The van der Waals surface area contributed by atoms with Crippen LogP contribution in [0.4, 0.5) is 0 Å². The molecule has 2 aromatic rings. The molecule has 1 unspecified atom stereocenters. The van der Waals surface area contributed by atoms with Crippen LogP contribution in [0.1, 0.15) is 59.5 Å². The lowest BCUT2D eigenvalue weighted by molar-refractivity contribution is 0.0662. The van der Waals surface area contributed by atoms with Crippen LogP contribution in [0, 0.1) is 6.92 Å². The molecule has 0 aliphatic carbocycles. The van der Waals surface area contributed by atoms with E-state index < -0.39 is 0 Å². The fourth-order valence-electron chi connectivity index (χ4n) is 4.57. The zero-order valence-electron chi connectivity index (χ0n) is 18.0. The monoisotopic (exact) mass is 414 g/mol. The predicted octanol–water partition coefficient (Wildman–Crippen LogP) is 2.98. The zero-order chi connectivity index (χ0) is 21.1. The summed E-state index contributed by atoms with van der Waals surface area (Å²) < 4.78 is 18.4. The number of rotatable bonds is 5. The van der Waals surface area contributed by atoms with Crippen molar-refractivity contribution in [3.8, 4) is 11.8 Å². The molecule has 2 saturated heterocycles. The third-order valence-corrected chi connectivity index (χ3v) is 6.11. The number of piperidine rings is 1. The molecule has 0 saturated carbocycles. The summed E-state index contributed by atoms with van der Waals surface area (Å²) in [6.45, 7) is 5.06. The highest BCUT2D eigenvalue weighted by atomic mass is 16.5. The van der Waals surface area contributed by atoms with Gasteiger partial charge in [-0.1, -0.05) is 0 Å². The number of pyridine rings is 1. The molecule has 8 heteroatoms. The maximum Gasteiger partial charge on any atom is 0.259 e. The summed E-state index contributed by atoms with van der Waals surface area (Å²) in [6, 6.07) is 3.65. The highest BCUT2D eigenvalue weighted by Gasteiger charge is 2.31. The maximum absolute atomic E-state index is 13.3. The van der Waals surface area contributed by atoms with Gasteiger partial charge in [-0.25, -0.2) is 4.98 Å². The maximum atomic E-state index is 13.3. The number of carbonyl (C=O) groups excluding carboxylic acids is 1. The lowest BCUT2D eigenvalue weighted by Crippen LogP contribution is -2.41. The van der Waals surface area contributed by atoms with Gasteiger partial charge in [-0.2, -0.15) is 4.98 Å². The van der Waals surface area contributed by atoms with Gasteiger partial charge in [0.05, 0.1) is 20.3 Å². The van der Waals surface area contributed by atoms with Crippen molar-refractivity contribution in [2.24, 2.45) is 0 Å². The van der Waals surface area contributed by atoms with Crippen LogP contribution in [0.5, 0.6) is 11.8 Å². The molecule has 162 valence electrons. The van der Waals surface area contributed by atoms with Gasteiger partial charge >= 0.3 is 0 Å². The fourth-order valence-corrected chi connectivity index (χ4v) is 4.57. The van der Waals surface area contributed by atoms with Gasteiger partial charge in [0.1, 0.15) is 11.4 Å². The summed E-state index contributed by atoms with van der Waals surface area (Å²) in [4.78, 5) is 24.2. The van der Waals surface area contributed by atoms with Crippen molar-refractivity contribution < 1.29 is 19.0 Å². The Labute approximate surface area is 177 Å². The minimum Gasteiger partial charge on any atom is -0.481 e. The van der Waals surface area contributed by atoms with Gasteiger partial charge in [0.2, 0.25) is 11.8 Å². The van der Waals surface area contributed by atoms with E-state index in [2.05, 4.69) is 16.5 Å². The first kappa shape index (κ1) is 20.7. The second-order valence-corrected chi connectivity index (χ2v) is 7.97. The molecule has 1 atom stereocenters. The quantitative estimate of drug-likeness (QED) is 0.749. The lowest BCUT2D eigenvalue weighted by Gasteiger charge is -2.36. The predicted molar refractivity (Wildman–Crippen MR) is 111 cm³/mol. The summed E-state index contributed by atoms with van der Waals surface area (Å²) in [5.41, 5.74) is 1.62. The van der Waals surface area contributed by atoms with Crippen molar-refractivity contribution in [2.75, 3.05) is 40.5 Å². The van der Waals surface area contributed by atoms with Gasteiger partial charge < -0.3 is 23.7 Å². The molecule has 0 bridgehead atoms. The number of amides is 1. The van der Waals surface area contributed by atoms with Crippen molar-refractivity contribution >= 4 is 5.91 Å². The molecule has 0 spiro atoms. The van der Waals surface area contributed by atoms with E-state index in [0.717, 1.165) is 57.0 Å². The largest absolute Gasteiger partial charge is 0.481 e. The minimum atomic E-state index is -0.0583. The van der Waals surface area contributed by atoms with Crippen molar-refractivity contribution in [2.45, 2.75) is 44.6 Å². The second kappa shape index (κ2) is 9.04. The van der Waals surface area contributed by atoms with Gasteiger partial charge in [-0.3, -0.25) is 4.79 Å². The zero-order valence-corrected chi connectivity index (χ0v) is 18.0. The van der Waals surface area contributed by atoms with Crippen LogP contribution >= 0.6 is 0 Å². The van der Waals surface area contributed by atoms with Gasteiger partial charge in [0.15, 0.2) is 0 Å². The van der Waals surface area contributed by atoms with Crippen molar-refractivity contribution in [1.82, 2.24) is 19.4 Å². The van der Waals surface area contributed by atoms with Crippen LogP contribution < -0.4 is 9.47 Å². The molecule has 4 heterocycles. The third-order valence-electron chi connectivity index (χ3n) is 6.11. The van der Waals surface area contributed by atoms with Crippen LogP contribution in [0.3, 0.4) is 0 Å². The first-order valence-corrected chi connectivity index (χ1v) is 10.6. The van der Waals surface area contributed by atoms with E-state index >= 15 is 0 Å². The van der Waals surface area contributed by atoms with Crippen LogP contribution in [0.15, 0.2) is 18.3 Å². The first-order chi connectivity index (χ1) is 14.6. The summed E-state index contributed by atoms with van der Waals surface area (Å²) >= 11 is 0. The molecule has 2 fully saturated rings.